The number of rotatable bonds is 5. The number of aryl methyl sites for hydroxylation is 2. The van der Waals surface area contributed by atoms with Gasteiger partial charge in [0, 0.05) is 11.3 Å². The van der Waals surface area contributed by atoms with Crippen molar-refractivity contribution in [3.05, 3.63) is 58.7 Å². The second kappa shape index (κ2) is 7.09. The minimum absolute atomic E-state index is 0.0808. The third-order valence-electron chi connectivity index (χ3n) is 3.59. The molecule has 0 aliphatic carbocycles. The maximum atomic E-state index is 12.2. The molecule has 4 heteroatoms. The predicted octanol–water partition coefficient (Wildman–Crippen LogP) is 2.99. The molecule has 2 N–H and O–H groups in total. The summed E-state index contributed by atoms with van der Waals surface area (Å²) in [6.07, 6.45) is 0.327. The highest BCUT2D eigenvalue weighted by molar-refractivity contribution is 5.92. The summed E-state index contributed by atoms with van der Waals surface area (Å²) in [6.45, 7) is 3.88. The number of aliphatic hydroxyl groups is 1. The van der Waals surface area contributed by atoms with Crippen LogP contribution < -0.4 is 10.1 Å². The summed E-state index contributed by atoms with van der Waals surface area (Å²) in [5.41, 5.74) is 4.56. The Balaban J connectivity index is 2.10. The topological polar surface area (TPSA) is 58.6 Å². The van der Waals surface area contributed by atoms with Crippen molar-refractivity contribution in [2.45, 2.75) is 26.9 Å². The fourth-order valence-electron chi connectivity index (χ4n) is 2.35. The molecule has 22 heavy (non-hydrogen) atoms. The van der Waals surface area contributed by atoms with Crippen LogP contribution in [0, 0.1) is 13.8 Å². The van der Waals surface area contributed by atoms with Crippen molar-refractivity contribution in [2.24, 2.45) is 0 Å². The van der Waals surface area contributed by atoms with Gasteiger partial charge in [-0.3, -0.25) is 4.79 Å². The molecular formula is C18H21NO3. The zero-order valence-electron chi connectivity index (χ0n) is 13.1. The molecule has 0 heterocycles. The second-order valence-electron chi connectivity index (χ2n) is 5.34. The largest absolute Gasteiger partial charge is 0.496 e. The summed E-state index contributed by atoms with van der Waals surface area (Å²) < 4.78 is 5.15. The van der Waals surface area contributed by atoms with Gasteiger partial charge in [0.1, 0.15) is 5.75 Å². The molecule has 0 aromatic heterocycles. The lowest BCUT2D eigenvalue weighted by Crippen LogP contribution is -2.15. The molecule has 0 unspecified atom stereocenters. The lowest BCUT2D eigenvalue weighted by Gasteiger charge is -2.11. The Morgan fingerprint density at radius 3 is 2.59 bits per heavy atom. The van der Waals surface area contributed by atoms with Gasteiger partial charge >= 0.3 is 0 Å². The van der Waals surface area contributed by atoms with Crippen LogP contribution in [-0.4, -0.2) is 18.1 Å². The molecule has 0 aliphatic heterocycles. The zero-order valence-corrected chi connectivity index (χ0v) is 13.1. The monoisotopic (exact) mass is 299 g/mol. The maximum absolute atomic E-state index is 12.2. The summed E-state index contributed by atoms with van der Waals surface area (Å²) in [7, 11) is 1.55. The van der Waals surface area contributed by atoms with Crippen LogP contribution in [0.3, 0.4) is 0 Å². The molecule has 0 bridgehead atoms. The van der Waals surface area contributed by atoms with Gasteiger partial charge in [-0.25, -0.2) is 0 Å². The summed E-state index contributed by atoms with van der Waals surface area (Å²) in [4.78, 5) is 12.2. The molecule has 0 aliphatic rings. The van der Waals surface area contributed by atoms with Crippen LogP contribution in [0.15, 0.2) is 36.4 Å². The van der Waals surface area contributed by atoms with Crippen LogP contribution in [-0.2, 0) is 17.8 Å². The van der Waals surface area contributed by atoms with E-state index < -0.39 is 0 Å². The lowest BCUT2D eigenvalue weighted by molar-refractivity contribution is -0.115. The fourth-order valence-corrected chi connectivity index (χ4v) is 2.35. The zero-order chi connectivity index (χ0) is 16.1. The molecule has 0 spiro atoms. The first-order chi connectivity index (χ1) is 10.5. The van der Waals surface area contributed by atoms with E-state index in [0.29, 0.717) is 23.4 Å². The number of carbonyl (C=O) groups excluding carboxylic acids is 1. The number of hydrogen-bond acceptors (Lipinski definition) is 3. The number of methoxy groups -OCH3 is 1. The summed E-state index contributed by atoms with van der Waals surface area (Å²) in [6, 6.07) is 11.3. The third kappa shape index (κ3) is 3.86. The van der Waals surface area contributed by atoms with E-state index in [-0.39, 0.29) is 12.5 Å². The van der Waals surface area contributed by atoms with E-state index in [1.807, 2.05) is 32.0 Å². The average Bonchev–Trinajstić information content (AvgIpc) is 2.50. The smallest absolute Gasteiger partial charge is 0.228 e. The molecule has 0 saturated heterocycles. The Labute approximate surface area is 130 Å². The predicted molar refractivity (Wildman–Crippen MR) is 87.2 cm³/mol. The van der Waals surface area contributed by atoms with Gasteiger partial charge < -0.3 is 15.2 Å². The molecule has 0 saturated carbocycles. The van der Waals surface area contributed by atoms with E-state index in [2.05, 4.69) is 5.32 Å². The number of anilines is 1. The van der Waals surface area contributed by atoms with Crippen molar-refractivity contribution in [3.8, 4) is 5.75 Å². The Morgan fingerprint density at radius 1 is 1.14 bits per heavy atom. The minimum Gasteiger partial charge on any atom is -0.496 e. The van der Waals surface area contributed by atoms with Crippen molar-refractivity contribution in [3.63, 3.8) is 0 Å². The van der Waals surface area contributed by atoms with Crippen LogP contribution in [0.2, 0.25) is 0 Å². The van der Waals surface area contributed by atoms with Crippen LogP contribution in [0.4, 0.5) is 5.69 Å². The minimum atomic E-state index is -0.135. The van der Waals surface area contributed by atoms with Crippen molar-refractivity contribution in [2.75, 3.05) is 12.4 Å². The highest BCUT2D eigenvalue weighted by atomic mass is 16.5. The molecule has 2 rings (SSSR count). The third-order valence-corrected chi connectivity index (χ3v) is 3.59. The lowest BCUT2D eigenvalue weighted by atomic mass is 10.0. The number of amides is 1. The molecule has 0 atom stereocenters. The standard InChI is InChI=1S/C18H21NO3/c1-12-4-5-13(2)14(8-12)10-18(21)19-16-6-7-17(22-3)15(9-16)11-20/h4-9,20H,10-11H2,1-3H3,(H,19,21). The van der Waals surface area contributed by atoms with E-state index in [1.165, 1.54) is 0 Å². The Kier molecular flexibility index (Phi) is 5.17. The molecule has 4 nitrogen and oxygen atoms in total. The SMILES string of the molecule is COc1ccc(NC(=O)Cc2cc(C)ccc2C)cc1CO. The van der Waals surface area contributed by atoms with Crippen molar-refractivity contribution in [1.29, 1.82) is 0 Å². The first-order valence-corrected chi connectivity index (χ1v) is 7.17. The first kappa shape index (κ1) is 16.0. The Hall–Kier alpha value is -2.33. The van der Waals surface area contributed by atoms with Gasteiger partial charge in [0.25, 0.3) is 0 Å². The van der Waals surface area contributed by atoms with Crippen LogP contribution >= 0.6 is 0 Å². The number of carbonyl (C=O) groups is 1. The summed E-state index contributed by atoms with van der Waals surface area (Å²) in [5.74, 6) is 0.526. The second-order valence-corrected chi connectivity index (χ2v) is 5.34. The van der Waals surface area contributed by atoms with Gasteiger partial charge in [-0.15, -0.1) is 0 Å². The molecule has 0 radical (unpaired) electrons. The molecule has 1 amide bonds. The van der Waals surface area contributed by atoms with Crippen molar-refractivity contribution >= 4 is 11.6 Å². The average molecular weight is 299 g/mol. The highest BCUT2D eigenvalue weighted by Crippen LogP contribution is 2.23. The number of ether oxygens (including phenoxy) is 1. The van der Waals surface area contributed by atoms with Gasteiger partial charge in [-0.1, -0.05) is 23.8 Å². The fraction of sp³-hybridized carbons (Fsp3) is 0.278. The van der Waals surface area contributed by atoms with E-state index in [1.54, 1.807) is 25.3 Å². The van der Waals surface area contributed by atoms with Gasteiger partial charge in [0.15, 0.2) is 0 Å². The number of aliphatic hydroxyl groups excluding tert-OH is 1. The number of hydrogen-bond donors (Lipinski definition) is 2. The van der Waals surface area contributed by atoms with Gasteiger partial charge in [-0.05, 0) is 43.2 Å². The van der Waals surface area contributed by atoms with Crippen molar-refractivity contribution < 1.29 is 14.6 Å². The maximum Gasteiger partial charge on any atom is 0.228 e. The molecule has 2 aromatic rings. The summed E-state index contributed by atoms with van der Waals surface area (Å²) >= 11 is 0. The molecule has 2 aromatic carbocycles. The van der Waals surface area contributed by atoms with Crippen LogP contribution in [0.1, 0.15) is 22.3 Å². The van der Waals surface area contributed by atoms with E-state index in [0.717, 1.165) is 16.7 Å². The van der Waals surface area contributed by atoms with Gasteiger partial charge in [0.05, 0.1) is 20.1 Å². The van der Waals surface area contributed by atoms with Crippen LogP contribution in [0.5, 0.6) is 5.75 Å². The Morgan fingerprint density at radius 2 is 1.91 bits per heavy atom. The van der Waals surface area contributed by atoms with Crippen molar-refractivity contribution in [1.82, 2.24) is 0 Å². The van der Waals surface area contributed by atoms with E-state index in [9.17, 15) is 9.90 Å². The highest BCUT2D eigenvalue weighted by Gasteiger charge is 2.09. The quantitative estimate of drug-likeness (QED) is 0.892. The molecule has 0 fully saturated rings. The van der Waals surface area contributed by atoms with Crippen LogP contribution in [0.25, 0.3) is 0 Å². The van der Waals surface area contributed by atoms with E-state index >= 15 is 0 Å². The Bertz CT molecular complexity index is 680. The summed E-state index contributed by atoms with van der Waals surface area (Å²) in [5, 5.41) is 12.2. The van der Waals surface area contributed by atoms with E-state index in [4.69, 9.17) is 4.74 Å². The normalized spacial score (nSPS) is 10.4. The number of benzene rings is 2. The first-order valence-electron chi connectivity index (χ1n) is 7.17. The molecular weight excluding hydrogens is 278 g/mol. The number of nitrogens with one attached hydrogen (secondary N) is 1. The molecule has 116 valence electrons. The van der Waals surface area contributed by atoms with Gasteiger partial charge in [0.2, 0.25) is 5.91 Å². The van der Waals surface area contributed by atoms with Gasteiger partial charge in [-0.2, -0.15) is 0 Å².